The fourth-order valence-corrected chi connectivity index (χ4v) is 5.27. The molecule has 0 aromatic rings. The van der Waals surface area contributed by atoms with Crippen LogP contribution < -0.4 is 0 Å². The Morgan fingerprint density at radius 1 is 1.30 bits per heavy atom. The topological polar surface area (TPSA) is 89.9 Å². The van der Waals surface area contributed by atoms with E-state index in [1.165, 1.54) is 14.2 Å². The molecule has 1 N–H and O–H groups in total. The molecule has 23 heavy (non-hydrogen) atoms. The number of carbonyl (C=O) groups is 3. The predicted molar refractivity (Wildman–Crippen MR) is 79.0 cm³/mol. The Kier molecular flexibility index (Phi) is 3.83. The quantitative estimate of drug-likeness (QED) is 0.767. The number of fused-ring (bicyclic) bond motifs is 5. The zero-order chi connectivity index (χ0) is 16.9. The summed E-state index contributed by atoms with van der Waals surface area (Å²) in [6, 6.07) is 0. The number of methoxy groups -OCH3 is 2. The zero-order valence-electron chi connectivity index (χ0n) is 13.6. The van der Waals surface area contributed by atoms with Crippen LogP contribution in [0.25, 0.3) is 0 Å². The molecule has 0 aromatic heterocycles. The highest BCUT2D eigenvalue weighted by Gasteiger charge is 2.71. The summed E-state index contributed by atoms with van der Waals surface area (Å²) in [5.74, 6) is -2.65. The van der Waals surface area contributed by atoms with Crippen LogP contribution in [0.3, 0.4) is 0 Å². The van der Waals surface area contributed by atoms with Gasteiger partial charge in [0.25, 0.3) is 0 Å². The fraction of sp³-hybridized carbons (Fsp3) is 0.706. The summed E-state index contributed by atoms with van der Waals surface area (Å²) in [5.41, 5.74) is 0.126. The maximum absolute atomic E-state index is 12.7. The minimum Gasteiger partial charge on any atom is -0.469 e. The molecule has 0 radical (unpaired) electrons. The number of hydrogen-bond donors (Lipinski definition) is 1. The number of ether oxygens (including phenoxy) is 2. The van der Waals surface area contributed by atoms with E-state index in [2.05, 4.69) is 0 Å². The second kappa shape index (κ2) is 5.44. The Hall–Kier alpha value is -1.69. The highest BCUT2D eigenvalue weighted by molar-refractivity contribution is 6.02. The van der Waals surface area contributed by atoms with Crippen LogP contribution in [0.1, 0.15) is 19.8 Å². The lowest BCUT2D eigenvalue weighted by Gasteiger charge is -2.40. The van der Waals surface area contributed by atoms with Gasteiger partial charge in [-0.15, -0.1) is 0 Å². The Balaban J connectivity index is 2.03. The van der Waals surface area contributed by atoms with Crippen molar-refractivity contribution >= 4 is 17.7 Å². The van der Waals surface area contributed by atoms with Gasteiger partial charge < -0.3 is 14.6 Å². The smallest absolute Gasteiger partial charge is 0.310 e. The molecule has 6 nitrogen and oxygen atoms in total. The van der Waals surface area contributed by atoms with Crippen LogP contribution in [0.2, 0.25) is 0 Å². The SMILES string of the molecule is COC(=O)[C@@H]1[C@H]2C[C@](C)([C@@H]3C=C(CCO)C(=O)[C@H]23)[C@@H]1C(=O)OC. The Morgan fingerprint density at radius 3 is 2.52 bits per heavy atom. The lowest BCUT2D eigenvalue weighted by Crippen LogP contribution is -2.47. The number of allylic oxidation sites excluding steroid dienone is 1. The van der Waals surface area contributed by atoms with Gasteiger partial charge >= 0.3 is 11.9 Å². The van der Waals surface area contributed by atoms with E-state index >= 15 is 0 Å². The normalized spacial score (nSPS) is 40.8. The monoisotopic (exact) mass is 322 g/mol. The standard InChI is InChI=1S/C17H22O6/c1-17-7-9(11-10(17)6-8(4-5-18)14(11)19)12(15(20)22-2)13(17)16(21)23-3/h6,9-13,18H,4-5,7H2,1-3H3/t9-,10+,11+,12+,13-,17+/m0/s1. The van der Waals surface area contributed by atoms with E-state index in [0.717, 1.165) is 0 Å². The predicted octanol–water partition coefficient (Wildman–Crippen LogP) is 0.728. The first-order chi connectivity index (χ1) is 10.9. The van der Waals surface area contributed by atoms with E-state index in [1.54, 1.807) is 0 Å². The highest BCUT2D eigenvalue weighted by Crippen LogP contribution is 2.68. The molecule has 2 fully saturated rings. The maximum Gasteiger partial charge on any atom is 0.310 e. The maximum atomic E-state index is 12.7. The van der Waals surface area contributed by atoms with Crippen LogP contribution in [0.5, 0.6) is 0 Å². The van der Waals surface area contributed by atoms with Gasteiger partial charge in [0.05, 0.1) is 26.1 Å². The van der Waals surface area contributed by atoms with Gasteiger partial charge in [0, 0.05) is 12.5 Å². The molecule has 2 saturated carbocycles. The Morgan fingerprint density at radius 2 is 1.96 bits per heavy atom. The van der Waals surface area contributed by atoms with E-state index < -0.39 is 29.2 Å². The van der Waals surface area contributed by atoms with E-state index in [-0.39, 0.29) is 30.1 Å². The van der Waals surface area contributed by atoms with Gasteiger partial charge in [-0.05, 0) is 35.7 Å². The van der Waals surface area contributed by atoms with Crippen LogP contribution in [0.4, 0.5) is 0 Å². The summed E-state index contributed by atoms with van der Waals surface area (Å²) >= 11 is 0. The Bertz CT molecular complexity index is 594. The minimum atomic E-state index is -0.635. The van der Waals surface area contributed by atoms with Gasteiger partial charge in [0.1, 0.15) is 0 Å². The molecule has 3 aliphatic carbocycles. The number of Topliss-reactive ketones (excluding diaryl/α,β-unsaturated/α-hetero) is 1. The molecule has 0 unspecified atom stereocenters. The molecule has 0 aliphatic heterocycles. The van der Waals surface area contributed by atoms with E-state index in [9.17, 15) is 14.4 Å². The number of esters is 2. The molecule has 3 aliphatic rings. The van der Waals surface area contributed by atoms with Gasteiger partial charge in [0.15, 0.2) is 5.78 Å². The average Bonchev–Trinajstić information content (AvgIpc) is 3.12. The van der Waals surface area contributed by atoms with E-state index in [1.807, 2.05) is 13.0 Å². The lowest BCUT2D eigenvalue weighted by atomic mass is 9.62. The molecule has 6 atom stereocenters. The van der Waals surface area contributed by atoms with Crippen molar-refractivity contribution in [2.75, 3.05) is 20.8 Å². The molecule has 0 heterocycles. The number of hydrogen-bond acceptors (Lipinski definition) is 6. The zero-order valence-corrected chi connectivity index (χ0v) is 13.6. The van der Waals surface area contributed by atoms with Gasteiger partial charge in [-0.3, -0.25) is 14.4 Å². The largest absolute Gasteiger partial charge is 0.469 e. The fourth-order valence-electron chi connectivity index (χ4n) is 5.27. The second-order valence-corrected chi connectivity index (χ2v) is 7.00. The van der Waals surface area contributed by atoms with Crippen LogP contribution >= 0.6 is 0 Å². The first-order valence-electron chi connectivity index (χ1n) is 7.92. The van der Waals surface area contributed by atoms with E-state index in [4.69, 9.17) is 14.6 Å². The number of aliphatic hydroxyl groups is 1. The molecular weight excluding hydrogens is 300 g/mol. The van der Waals surface area contributed by atoms with Gasteiger partial charge in [-0.25, -0.2) is 0 Å². The minimum absolute atomic E-state index is 0.00925. The van der Waals surface area contributed by atoms with Crippen molar-refractivity contribution in [2.24, 2.45) is 35.0 Å². The summed E-state index contributed by atoms with van der Waals surface area (Å²) in [5, 5.41) is 9.13. The Labute approximate surface area is 134 Å². The number of rotatable bonds is 4. The third-order valence-corrected chi connectivity index (χ3v) is 6.13. The van der Waals surface area contributed by atoms with Gasteiger partial charge in [-0.1, -0.05) is 13.0 Å². The van der Waals surface area contributed by atoms with Crippen LogP contribution in [-0.4, -0.2) is 43.7 Å². The van der Waals surface area contributed by atoms with Gasteiger partial charge in [0.2, 0.25) is 0 Å². The van der Waals surface area contributed by atoms with Crippen molar-refractivity contribution in [2.45, 2.75) is 19.8 Å². The van der Waals surface area contributed by atoms with Crippen LogP contribution in [-0.2, 0) is 23.9 Å². The summed E-state index contributed by atoms with van der Waals surface area (Å²) in [4.78, 5) is 37.3. The number of carbonyl (C=O) groups excluding carboxylic acids is 3. The molecule has 6 heteroatoms. The molecule has 0 aromatic carbocycles. The van der Waals surface area contributed by atoms with Crippen molar-refractivity contribution in [3.8, 4) is 0 Å². The lowest BCUT2D eigenvalue weighted by molar-refractivity contribution is -0.165. The van der Waals surface area contributed by atoms with Crippen molar-refractivity contribution in [3.05, 3.63) is 11.6 Å². The second-order valence-electron chi connectivity index (χ2n) is 7.00. The first-order valence-corrected chi connectivity index (χ1v) is 7.92. The summed E-state index contributed by atoms with van der Waals surface area (Å²) in [6.45, 7) is 1.88. The third kappa shape index (κ3) is 2.00. The van der Waals surface area contributed by atoms with Crippen molar-refractivity contribution in [1.29, 1.82) is 0 Å². The highest BCUT2D eigenvalue weighted by atomic mass is 16.5. The van der Waals surface area contributed by atoms with E-state index in [0.29, 0.717) is 18.4 Å². The van der Waals surface area contributed by atoms with Crippen molar-refractivity contribution < 1.29 is 29.0 Å². The summed E-state index contributed by atoms with van der Waals surface area (Å²) < 4.78 is 9.83. The molecule has 2 bridgehead atoms. The van der Waals surface area contributed by atoms with Crippen LogP contribution in [0, 0.1) is 35.0 Å². The molecule has 126 valence electrons. The van der Waals surface area contributed by atoms with Crippen molar-refractivity contribution in [3.63, 3.8) is 0 Å². The molecular formula is C17H22O6. The summed E-state index contributed by atoms with van der Waals surface area (Å²) in [6.07, 6.45) is 2.86. The average molecular weight is 322 g/mol. The molecule has 0 spiro atoms. The summed E-state index contributed by atoms with van der Waals surface area (Å²) in [7, 11) is 2.62. The molecule has 0 amide bonds. The third-order valence-electron chi connectivity index (χ3n) is 6.13. The van der Waals surface area contributed by atoms with Crippen molar-refractivity contribution in [1.82, 2.24) is 0 Å². The number of ketones is 1. The van der Waals surface area contributed by atoms with Crippen LogP contribution in [0.15, 0.2) is 11.6 Å². The van der Waals surface area contributed by atoms with Gasteiger partial charge in [-0.2, -0.15) is 0 Å². The first kappa shape index (κ1) is 16.2. The molecule has 0 saturated heterocycles. The molecule has 3 rings (SSSR count). The number of aliphatic hydroxyl groups excluding tert-OH is 1.